The molecule has 2 aromatic rings. The molecule has 1 aromatic carbocycles. The van der Waals surface area contributed by atoms with Gasteiger partial charge in [0.25, 0.3) is 0 Å². The molecule has 2 amide bonds. The second-order valence-electron chi connectivity index (χ2n) is 3.60. The lowest BCUT2D eigenvalue weighted by Crippen LogP contribution is -2.29. The summed E-state index contributed by atoms with van der Waals surface area (Å²) in [5.41, 5.74) is 6.44. The predicted octanol–water partition coefficient (Wildman–Crippen LogP) is 1.54. The average Bonchev–Trinajstić information content (AvgIpc) is 2.71. The topological polar surface area (TPSA) is 85.1 Å². The Hall–Kier alpha value is -2.21. The summed E-state index contributed by atoms with van der Waals surface area (Å²) in [4.78, 5) is 26.4. The summed E-state index contributed by atoms with van der Waals surface area (Å²) in [6, 6.07) is 9.42. The summed E-state index contributed by atoms with van der Waals surface area (Å²) in [5.74, 6) is -1.85. The van der Waals surface area contributed by atoms with E-state index in [9.17, 15) is 9.59 Å². The first-order valence-electron chi connectivity index (χ1n) is 5.21. The van der Waals surface area contributed by atoms with Crippen LogP contribution < -0.4 is 11.1 Å². The normalized spacial score (nSPS) is 10.1. The van der Waals surface area contributed by atoms with Crippen LogP contribution in [-0.4, -0.2) is 16.8 Å². The largest absolute Gasteiger partial charge is 0.361 e. The Kier molecular flexibility index (Phi) is 3.38. The van der Waals surface area contributed by atoms with Crippen LogP contribution in [0, 0.1) is 6.92 Å². The number of aryl methyl sites for hydroxylation is 1. The lowest BCUT2D eigenvalue weighted by Gasteiger charge is -2.02. The molecule has 0 bridgehead atoms. The maximum atomic E-state index is 11.3. The molecule has 0 fully saturated rings. The number of anilines is 1. The minimum atomic E-state index is -1.01. The quantitative estimate of drug-likeness (QED) is 0.804. The summed E-state index contributed by atoms with van der Waals surface area (Å²) < 4.78 is 0. The van der Waals surface area contributed by atoms with Crippen LogP contribution in [0.25, 0.3) is 11.3 Å². The first-order valence-corrected chi connectivity index (χ1v) is 6.03. The second-order valence-corrected chi connectivity index (χ2v) is 4.80. The predicted molar refractivity (Wildman–Crippen MR) is 70.1 cm³/mol. The Bertz CT molecular complexity index is 593. The van der Waals surface area contributed by atoms with Gasteiger partial charge in [-0.15, -0.1) is 11.3 Å². The Balaban J connectivity index is 2.38. The molecule has 1 heterocycles. The van der Waals surface area contributed by atoms with E-state index in [1.807, 2.05) is 37.3 Å². The van der Waals surface area contributed by atoms with Crippen LogP contribution in [0.15, 0.2) is 30.3 Å². The molecule has 18 heavy (non-hydrogen) atoms. The third-order valence-electron chi connectivity index (χ3n) is 2.23. The van der Waals surface area contributed by atoms with Gasteiger partial charge in [-0.25, -0.2) is 4.98 Å². The van der Waals surface area contributed by atoms with Gasteiger partial charge in [0, 0.05) is 5.56 Å². The van der Waals surface area contributed by atoms with Gasteiger partial charge < -0.3 is 11.1 Å². The monoisotopic (exact) mass is 261 g/mol. The average molecular weight is 261 g/mol. The molecule has 0 unspecified atom stereocenters. The van der Waals surface area contributed by atoms with Crippen LogP contribution in [0.5, 0.6) is 0 Å². The number of carbonyl (C=O) groups is 2. The maximum Gasteiger partial charge on any atom is 0.314 e. The van der Waals surface area contributed by atoms with Crippen LogP contribution in [0.4, 0.5) is 5.00 Å². The number of thiazole rings is 1. The fourth-order valence-electron chi connectivity index (χ4n) is 1.47. The van der Waals surface area contributed by atoms with E-state index < -0.39 is 11.8 Å². The molecule has 92 valence electrons. The van der Waals surface area contributed by atoms with E-state index in [0.717, 1.165) is 10.6 Å². The second kappa shape index (κ2) is 4.97. The van der Waals surface area contributed by atoms with Gasteiger partial charge in [-0.1, -0.05) is 30.3 Å². The van der Waals surface area contributed by atoms with Gasteiger partial charge in [-0.3, -0.25) is 9.59 Å². The highest BCUT2D eigenvalue weighted by atomic mass is 32.1. The van der Waals surface area contributed by atoms with Gasteiger partial charge in [0.2, 0.25) is 0 Å². The van der Waals surface area contributed by atoms with Crippen molar-refractivity contribution in [3.05, 3.63) is 35.3 Å². The number of rotatable bonds is 2. The van der Waals surface area contributed by atoms with Crippen molar-refractivity contribution in [2.45, 2.75) is 6.92 Å². The minimum Gasteiger partial charge on any atom is -0.361 e. The van der Waals surface area contributed by atoms with Gasteiger partial charge in [0.05, 0.1) is 5.01 Å². The number of amides is 2. The zero-order valence-corrected chi connectivity index (χ0v) is 10.5. The van der Waals surface area contributed by atoms with E-state index in [0.29, 0.717) is 10.7 Å². The van der Waals surface area contributed by atoms with Gasteiger partial charge in [-0.05, 0) is 6.92 Å². The first kappa shape index (κ1) is 12.3. The number of benzene rings is 1. The number of hydrogen-bond donors (Lipinski definition) is 2. The summed E-state index contributed by atoms with van der Waals surface area (Å²) in [7, 11) is 0. The Morgan fingerprint density at radius 3 is 2.56 bits per heavy atom. The van der Waals surface area contributed by atoms with E-state index in [-0.39, 0.29) is 0 Å². The van der Waals surface area contributed by atoms with Crippen LogP contribution >= 0.6 is 11.3 Å². The van der Waals surface area contributed by atoms with Gasteiger partial charge >= 0.3 is 11.8 Å². The fourth-order valence-corrected chi connectivity index (χ4v) is 2.30. The molecule has 0 aliphatic heterocycles. The van der Waals surface area contributed by atoms with Crippen molar-refractivity contribution in [3.8, 4) is 11.3 Å². The van der Waals surface area contributed by atoms with Crippen molar-refractivity contribution < 1.29 is 9.59 Å². The number of hydrogen-bond acceptors (Lipinski definition) is 4. The summed E-state index contributed by atoms with van der Waals surface area (Å²) >= 11 is 1.30. The van der Waals surface area contributed by atoms with Crippen LogP contribution in [-0.2, 0) is 9.59 Å². The van der Waals surface area contributed by atoms with E-state index in [4.69, 9.17) is 5.73 Å². The molecule has 0 spiro atoms. The molecule has 3 N–H and O–H groups in total. The van der Waals surface area contributed by atoms with Crippen LogP contribution in [0.3, 0.4) is 0 Å². The molecule has 0 radical (unpaired) electrons. The van der Waals surface area contributed by atoms with Crippen molar-refractivity contribution in [1.82, 2.24) is 4.98 Å². The molecule has 1 aromatic heterocycles. The molecule has 0 aliphatic rings. The molecule has 0 saturated heterocycles. The van der Waals surface area contributed by atoms with E-state index in [2.05, 4.69) is 10.3 Å². The van der Waals surface area contributed by atoms with E-state index in [1.165, 1.54) is 11.3 Å². The lowest BCUT2D eigenvalue weighted by atomic mass is 10.2. The first-order chi connectivity index (χ1) is 8.58. The fraction of sp³-hybridized carbons (Fsp3) is 0.0833. The highest BCUT2D eigenvalue weighted by molar-refractivity contribution is 7.16. The van der Waals surface area contributed by atoms with E-state index in [1.54, 1.807) is 0 Å². The van der Waals surface area contributed by atoms with Crippen molar-refractivity contribution in [2.24, 2.45) is 5.73 Å². The third kappa shape index (κ3) is 2.54. The van der Waals surface area contributed by atoms with Crippen LogP contribution in [0.2, 0.25) is 0 Å². The zero-order chi connectivity index (χ0) is 13.1. The van der Waals surface area contributed by atoms with E-state index >= 15 is 0 Å². The standard InChI is InChI=1S/C12H11N3O2S/c1-7-14-9(8-5-3-2-4-6-8)12(18-7)15-11(17)10(13)16/h2-6H,1H3,(H2,13,16)(H,15,17). The SMILES string of the molecule is Cc1nc(-c2ccccc2)c(NC(=O)C(N)=O)s1. The zero-order valence-electron chi connectivity index (χ0n) is 9.64. The van der Waals surface area contributed by atoms with Gasteiger partial charge in [0.1, 0.15) is 10.7 Å². The van der Waals surface area contributed by atoms with Crippen molar-refractivity contribution >= 4 is 28.2 Å². The molecule has 6 heteroatoms. The summed E-state index contributed by atoms with van der Waals surface area (Å²) in [5, 5.41) is 3.80. The van der Waals surface area contributed by atoms with Crippen molar-refractivity contribution in [1.29, 1.82) is 0 Å². The Labute approximate surface area is 108 Å². The molecular weight excluding hydrogens is 250 g/mol. The molecular formula is C12H11N3O2S. The third-order valence-corrected chi connectivity index (χ3v) is 3.12. The van der Waals surface area contributed by atoms with Gasteiger partial charge in [-0.2, -0.15) is 0 Å². The minimum absolute atomic E-state index is 0.530. The molecule has 2 rings (SSSR count). The number of primary amides is 1. The smallest absolute Gasteiger partial charge is 0.314 e. The lowest BCUT2D eigenvalue weighted by molar-refractivity contribution is -0.134. The number of aromatic nitrogens is 1. The molecule has 0 atom stereocenters. The molecule has 5 nitrogen and oxygen atoms in total. The summed E-state index contributed by atoms with van der Waals surface area (Å²) in [6.45, 7) is 1.83. The number of nitrogens with two attached hydrogens (primary N) is 1. The number of nitrogens with one attached hydrogen (secondary N) is 1. The Morgan fingerprint density at radius 1 is 1.28 bits per heavy atom. The highest BCUT2D eigenvalue weighted by Crippen LogP contribution is 2.32. The number of carbonyl (C=O) groups excluding carboxylic acids is 2. The summed E-state index contributed by atoms with van der Waals surface area (Å²) in [6.07, 6.45) is 0. The number of nitrogens with zero attached hydrogens (tertiary/aromatic N) is 1. The van der Waals surface area contributed by atoms with Gasteiger partial charge in [0.15, 0.2) is 0 Å². The highest BCUT2D eigenvalue weighted by Gasteiger charge is 2.16. The molecule has 0 aliphatic carbocycles. The van der Waals surface area contributed by atoms with Crippen LogP contribution in [0.1, 0.15) is 5.01 Å². The molecule has 0 saturated carbocycles. The van der Waals surface area contributed by atoms with Crippen molar-refractivity contribution in [3.63, 3.8) is 0 Å². The maximum absolute atomic E-state index is 11.3. The van der Waals surface area contributed by atoms with Crippen molar-refractivity contribution in [2.75, 3.05) is 5.32 Å². The Morgan fingerprint density at radius 2 is 1.94 bits per heavy atom.